The van der Waals surface area contributed by atoms with E-state index in [0.29, 0.717) is 18.0 Å². The van der Waals surface area contributed by atoms with Crippen molar-refractivity contribution >= 4 is 5.91 Å². The Morgan fingerprint density at radius 1 is 1.42 bits per heavy atom. The van der Waals surface area contributed by atoms with Gasteiger partial charge in [-0.1, -0.05) is 20.8 Å². The van der Waals surface area contributed by atoms with E-state index in [-0.39, 0.29) is 5.91 Å². The number of nitrogens with one attached hydrogen (secondary N) is 1. The molecule has 0 heterocycles. The lowest BCUT2D eigenvalue weighted by molar-refractivity contribution is -0.124. The summed E-state index contributed by atoms with van der Waals surface area (Å²) in [6, 6.07) is 0.574. The lowest BCUT2D eigenvalue weighted by atomic mass is 9.75. The summed E-state index contributed by atoms with van der Waals surface area (Å²) in [5, 5.41) is 3.23. The molecule has 1 aliphatic rings. The van der Waals surface area contributed by atoms with Crippen molar-refractivity contribution in [2.24, 2.45) is 11.1 Å². The van der Waals surface area contributed by atoms with Gasteiger partial charge in [-0.3, -0.25) is 4.79 Å². The minimum atomic E-state index is -0.629. The van der Waals surface area contributed by atoms with E-state index < -0.39 is 5.54 Å². The summed E-state index contributed by atoms with van der Waals surface area (Å²) >= 11 is 0. The zero-order valence-corrected chi connectivity index (χ0v) is 13.3. The van der Waals surface area contributed by atoms with E-state index in [1.807, 2.05) is 13.8 Å². The molecule has 19 heavy (non-hydrogen) atoms. The van der Waals surface area contributed by atoms with Gasteiger partial charge in [0.05, 0.1) is 0 Å². The van der Waals surface area contributed by atoms with Gasteiger partial charge in [-0.15, -0.1) is 0 Å². The third kappa shape index (κ3) is 4.46. The van der Waals surface area contributed by atoms with Crippen molar-refractivity contribution < 1.29 is 4.79 Å². The van der Waals surface area contributed by atoms with Crippen molar-refractivity contribution in [2.45, 2.75) is 65.0 Å². The molecule has 0 aromatic rings. The van der Waals surface area contributed by atoms with Gasteiger partial charge >= 0.3 is 0 Å². The number of nitrogens with zero attached hydrogens (tertiary/aromatic N) is 1. The van der Waals surface area contributed by atoms with Gasteiger partial charge in [0.1, 0.15) is 5.54 Å². The van der Waals surface area contributed by atoms with Crippen LogP contribution < -0.4 is 11.1 Å². The summed E-state index contributed by atoms with van der Waals surface area (Å²) in [5.41, 5.74) is 5.40. The topological polar surface area (TPSA) is 58.4 Å². The third-order valence-electron chi connectivity index (χ3n) is 4.61. The Balaban J connectivity index is 2.58. The second-order valence-electron chi connectivity index (χ2n) is 7.04. The van der Waals surface area contributed by atoms with Gasteiger partial charge in [0.15, 0.2) is 0 Å². The van der Waals surface area contributed by atoms with Crippen molar-refractivity contribution in [3.8, 4) is 0 Å². The summed E-state index contributed by atoms with van der Waals surface area (Å²) < 4.78 is 0. The summed E-state index contributed by atoms with van der Waals surface area (Å²) in [5.74, 6) is -0.266. The van der Waals surface area contributed by atoms with Crippen LogP contribution in [-0.4, -0.2) is 42.5 Å². The fraction of sp³-hybridized carbons (Fsp3) is 0.933. The standard InChI is InChI=1S/C15H31N3O/c1-6-17-15(4,13(16)19)11-18(5)12-7-9-14(2,3)10-8-12/h12,17H,6-11H2,1-5H3,(H2,16,19). The van der Waals surface area contributed by atoms with Crippen molar-refractivity contribution in [2.75, 3.05) is 20.1 Å². The zero-order valence-electron chi connectivity index (χ0n) is 13.3. The predicted molar refractivity (Wildman–Crippen MR) is 79.9 cm³/mol. The highest BCUT2D eigenvalue weighted by atomic mass is 16.1. The molecule has 0 aromatic heterocycles. The number of amides is 1. The predicted octanol–water partition coefficient (Wildman–Crippen LogP) is 1.74. The molecule has 1 aliphatic carbocycles. The Hall–Kier alpha value is -0.610. The Morgan fingerprint density at radius 3 is 2.37 bits per heavy atom. The highest BCUT2D eigenvalue weighted by molar-refractivity contribution is 5.84. The molecule has 0 radical (unpaired) electrons. The monoisotopic (exact) mass is 269 g/mol. The molecule has 0 spiro atoms. The average Bonchev–Trinajstić information content (AvgIpc) is 2.28. The van der Waals surface area contributed by atoms with E-state index in [1.165, 1.54) is 25.7 Å². The molecule has 0 aromatic carbocycles. The van der Waals surface area contributed by atoms with Crippen molar-refractivity contribution in [1.29, 1.82) is 0 Å². The van der Waals surface area contributed by atoms with Crippen LogP contribution in [0.5, 0.6) is 0 Å². The van der Waals surface area contributed by atoms with Crippen LogP contribution in [0.4, 0.5) is 0 Å². The van der Waals surface area contributed by atoms with Gasteiger partial charge in [0.2, 0.25) is 5.91 Å². The molecule has 1 rings (SSSR count). The van der Waals surface area contributed by atoms with E-state index in [9.17, 15) is 4.79 Å². The maximum absolute atomic E-state index is 11.7. The molecule has 1 unspecified atom stereocenters. The number of nitrogens with two attached hydrogens (primary N) is 1. The molecule has 112 valence electrons. The largest absolute Gasteiger partial charge is 0.368 e. The molecule has 1 fully saturated rings. The second kappa shape index (κ2) is 6.23. The van der Waals surface area contributed by atoms with Gasteiger partial charge in [-0.25, -0.2) is 0 Å². The lowest BCUT2D eigenvalue weighted by Crippen LogP contribution is -2.60. The SMILES string of the molecule is CCNC(C)(CN(C)C1CCC(C)(C)CC1)C(N)=O. The first-order chi connectivity index (χ1) is 8.70. The first kappa shape index (κ1) is 16.4. The normalized spacial score (nSPS) is 23.3. The quantitative estimate of drug-likeness (QED) is 0.772. The van der Waals surface area contributed by atoms with Crippen LogP contribution in [0.2, 0.25) is 0 Å². The van der Waals surface area contributed by atoms with Gasteiger partial charge < -0.3 is 16.0 Å². The molecular weight excluding hydrogens is 238 g/mol. The molecular formula is C15H31N3O. The van der Waals surface area contributed by atoms with Crippen LogP contribution in [0.15, 0.2) is 0 Å². The summed E-state index contributed by atoms with van der Waals surface area (Å²) in [6.07, 6.45) is 4.95. The number of carbonyl (C=O) groups is 1. The first-order valence-electron chi connectivity index (χ1n) is 7.45. The molecule has 4 heteroatoms. The van der Waals surface area contributed by atoms with Crippen LogP contribution in [0.1, 0.15) is 53.4 Å². The van der Waals surface area contributed by atoms with Crippen LogP contribution in [0.3, 0.4) is 0 Å². The summed E-state index contributed by atoms with van der Waals surface area (Å²) in [6.45, 7) is 10.0. The fourth-order valence-electron chi connectivity index (χ4n) is 3.06. The Morgan fingerprint density at radius 2 is 1.95 bits per heavy atom. The third-order valence-corrected chi connectivity index (χ3v) is 4.61. The van der Waals surface area contributed by atoms with Crippen molar-refractivity contribution in [3.05, 3.63) is 0 Å². The maximum Gasteiger partial charge on any atom is 0.238 e. The fourth-order valence-corrected chi connectivity index (χ4v) is 3.06. The second-order valence-corrected chi connectivity index (χ2v) is 7.04. The van der Waals surface area contributed by atoms with Crippen LogP contribution >= 0.6 is 0 Å². The Labute approximate surface area is 118 Å². The van der Waals surface area contributed by atoms with Gasteiger partial charge in [-0.2, -0.15) is 0 Å². The highest BCUT2D eigenvalue weighted by Gasteiger charge is 2.35. The summed E-state index contributed by atoms with van der Waals surface area (Å²) in [7, 11) is 2.11. The maximum atomic E-state index is 11.7. The van der Waals surface area contributed by atoms with E-state index in [2.05, 4.69) is 31.1 Å². The van der Waals surface area contributed by atoms with Crippen LogP contribution in [0, 0.1) is 5.41 Å². The van der Waals surface area contributed by atoms with Crippen LogP contribution in [-0.2, 0) is 4.79 Å². The lowest BCUT2D eigenvalue weighted by Gasteiger charge is -2.41. The minimum Gasteiger partial charge on any atom is -0.368 e. The van der Waals surface area contributed by atoms with Gasteiger partial charge in [0, 0.05) is 12.6 Å². The van der Waals surface area contributed by atoms with E-state index >= 15 is 0 Å². The molecule has 3 N–H and O–H groups in total. The van der Waals surface area contributed by atoms with E-state index in [4.69, 9.17) is 5.73 Å². The number of rotatable bonds is 6. The van der Waals surface area contributed by atoms with Crippen LogP contribution in [0.25, 0.3) is 0 Å². The number of carbonyl (C=O) groups excluding carboxylic acids is 1. The smallest absolute Gasteiger partial charge is 0.238 e. The molecule has 4 nitrogen and oxygen atoms in total. The van der Waals surface area contributed by atoms with Gasteiger partial charge in [-0.05, 0) is 51.6 Å². The Kier molecular flexibility index (Phi) is 5.39. The summed E-state index contributed by atoms with van der Waals surface area (Å²) in [4.78, 5) is 14.0. The minimum absolute atomic E-state index is 0.266. The number of likely N-dealkylation sites (N-methyl/N-ethyl adjacent to an activating group) is 2. The highest BCUT2D eigenvalue weighted by Crippen LogP contribution is 2.36. The van der Waals surface area contributed by atoms with Gasteiger partial charge in [0.25, 0.3) is 0 Å². The van der Waals surface area contributed by atoms with Crippen molar-refractivity contribution in [1.82, 2.24) is 10.2 Å². The molecule has 0 aliphatic heterocycles. The molecule has 1 atom stereocenters. The zero-order chi connectivity index (χ0) is 14.7. The molecule has 0 saturated heterocycles. The van der Waals surface area contributed by atoms with E-state index in [0.717, 1.165) is 6.54 Å². The molecule has 1 amide bonds. The molecule has 0 bridgehead atoms. The number of primary amides is 1. The number of hydrogen-bond acceptors (Lipinski definition) is 3. The average molecular weight is 269 g/mol. The number of hydrogen-bond donors (Lipinski definition) is 2. The van der Waals surface area contributed by atoms with Crippen molar-refractivity contribution in [3.63, 3.8) is 0 Å². The molecule has 1 saturated carbocycles. The first-order valence-corrected chi connectivity index (χ1v) is 7.45. The van der Waals surface area contributed by atoms with E-state index in [1.54, 1.807) is 0 Å². The Bertz CT molecular complexity index is 307.